The Morgan fingerprint density at radius 1 is 1.32 bits per heavy atom. The summed E-state index contributed by atoms with van der Waals surface area (Å²) in [4.78, 5) is 22.1. The van der Waals surface area contributed by atoms with Gasteiger partial charge in [-0.15, -0.1) is 0 Å². The normalized spacial score (nSPS) is 14.4. The molecule has 2 N–H and O–H groups in total. The van der Waals surface area contributed by atoms with E-state index in [0.717, 1.165) is 36.3 Å². The van der Waals surface area contributed by atoms with Crippen LogP contribution in [0.25, 0.3) is 22.1 Å². The molecule has 0 saturated carbocycles. The first kappa shape index (κ1) is 14.3. The van der Waals surface area contributed by atoms with Crippen LogP contribution >= 0.6 is 0 Å². The molecule has 7 nitrogen and oxygen atoms in total. The summed E-state index contributed by atoms with van der Waals surface area (Å²) < 4.78 is 5.65. The van der Waals surface area contributed by atoms with Crippen molar-refractivity contribution >= 4 is 27.9 Å². The first-order valence-corrected chi connectivity index (χ1v) is 8.40. The van der Waals surface area contributed by atoms with Crippen LogP contribution in [0.15, 0.2) is 33.5 Å². The number of rotatable bonds is 2. The minimum absolute atomic E-state index is 0.244. The Kier molecular flexibility index (Phi) is 2.97. The van der Waals surface area contributed by atoms with Crippen LogP contribution in [-0.4, -0.2) is 26.7 Å². The minimum Gasteiger partial charge on any atom is -0.449 e. The van der Waals surface area contributed by atoms with E-state index < -0.39 is 0 Å². The van der Waals surface area contributed by atoms with Gasteiger partial charge in [-0.1, -0.05) is 12.1 Å². The first-order chi connectivity index (χ1) is 12.2. The summed E-state index contributed by atoms with van der Waals surface area (Å²) in [5.41, 5.74) is 3.69. The van der Waals surface area contributed by atoms with Crippen LogP contribution in [-0.2, 0) is 13.0 Å². The number of benzene rings is 1. The number of para-hydroxylation sites is 1. The van der Waals surface area contributed by atoms with Gasteiger partial charge in [0.05, 0.1) is 6.54 Å². The smallest absolute Gasteiger partial charge is 0.294 e. The van der Waals surface area contributed by atoms with Crippen molar-refractivity contribution in [3.63, 3.8) is 0 Å². The standard InChI is InChI=1S/C18H17N5O2/c1-10-11-6-4-8-23(17(11)22-21-10)9-14-19-15-12-5-2-3-7-13(12)25-16(15)18(24)20-14/h2-3,5,7H,4,6,8-9H2,1H3,(H,21,22)(H,19,20,24). The van der Waals surface area contributed by atoms with Crippen LogP contribution in [0.3, 0.4) is 0 Å². The highest BCUT2D eigenvalue weighted by molar-refractivity contribution is 6.01. The molecule has 0 atom stereocenters. The first-order valence-electron chi connectivity index (χ1n) is 8.40. The average molecular weight is 335 g/mol. The number of nitrogens with one attached hydrogen (secondary N) is 2. The van der Waals surface area contributed by atoms with E-state index in [1.165, 1.54) is 5.56 Å². The van der Waals surface area contributed by atoms with Gasteiger partial charge in [0, 0.05) is 23.2 Å². The van der Waals surface area contributed by atoms with E-state index in [9.17, 15) is 4.79 Å². The van der Waals surface area contributed by atoms with E-state index in [1.807, 2.05) is 31.2 Å². The molecular weight excluding hydrogens is 318 g/mol. The van der Waals surface area contributed by atoms with Crippen LogP contribution in [0.1, 0.15) is 23.5 Å². The molecule has 126 valence electrons. The molecule has 0 unspecified atom stereocenters. The lowest BCUT2D eigenvalue weighted by atomic mass is 10.1. The number of anilines is 1. The molecule has 5 rings (SSSR count). The monoisotopic (exact) mass is 335 g/mol. The second-order valence-corrected chi connectivity index (χ2v) is 6.46. The Morgan fingerprint density at radius 2 is 2.20 bits per heavy atom. The Morgan fingerprint density at radius 3 is 3.12 bits per heavy atom. The third-order valence-electron chi connectivity index (χ3n) is 4.83. The number of fused-ring (bicyclic) bond motifs is 4. The molecule has 3 aromatic heterocycles. The quantitative estimate of drug-likeness (QED) is 0.588. The van der Waals surface area contributed by atoms with E-state index in [2.05, 4.69) is 25.1 Å². The summed E-state index contributed by atoms with van der Waals surface area (Å²) in [6.45, 7) is 3.45. The zero-order valence-corrected chi connectivity index (χ0v) is 13.8. The van der Waals surface area contributed by atoms with E-state index in [-0.39, 0.29) is 11.1 Å². The zero-order chi connectivity index (χ0) is 17.0. The number of H-pyrrole nitrogens is 2. The predicted octanol–water partition coefficient (Wildman–Crippen LogP) is 2.65. The predicted molar refractivity (Wildman–Crippen MR) is 94.8 cm³/mol. The van der Waals surface area contributed by atoms with Gasteiger partial charge in [0.1, 0.15) is 16.9 Å². The van der Waals surface area contributed by atoms with E-state index in [4.69, 9.17) is 4.42 Å². The van der Waals surface area contributed by atoms with Crippen LogP contribution in [0, 0.1) is 6.92 Å². The summed E-state index contributed by atoms with van der Waals surface area (Å²) in [5, 5.41) is 8.34. The lowest BCUT2D eigenvalue weighted by molar-refractivity contribution is 0.649. The second kappa shape index (κ2) is 5.20. The van der Waals surface area contributed by atoms with Gasteiger partial charge in [-0.25, -0.2) is 4.98 Å². The number of furan rings is 1. The molecular formula is C18H17N5O2. The molecule has 25 heavy (non-hydrogen) atoms. The van der Waals surface area contributed by atoms with E-state index >= 15 is 0 Å². The van der Waals surface area contributed by atoms with Gasteiger partial charge < -0.3 is 14.3 Å². The van der Waals surface area contributed by atoms with Crippen molar-refractivity contribution in [2.45, 2.75) is 26.3 Å². The van der Waals surface area contributed by atoms with Crippen molar-refractivity contribution in [3.05, 3.63) is 51.7 Å². The van der Waals surface area contributed by atoms with Crippen LogP contribution in [0.2, 0.25) is 0 Å². The summed E-state index contributed by atoms with van der Waals surface area (Å²) in [7, 11) is 0. The highest BCUT2D eigenvalue weighted by Gasteiger charge is 2.23. The summed E-state index contributed by atoms with van der Waals surface area (Å²) in [6.07, 6.45) is 2.10. The number of nitrogens with zero attached hydrogens (tertiary/aromatic N) is 3. The van der Waals surface area contributed by atoms with Crippen molar-refractivity contribution in [1.82, 2.24) is 20.2 Å². The average Bonchev–Trinajstić information content (AvgIpc) is 3.18. The van der Waals surface area contributed by atoms with Gasteiger partial charge in [0.2, 0.25) is 5.58 Å². The second-order valence-electron chi connectivity index (χ2n) is 6.46. The van der Waals surface area contributed by atoms with Gasteiger partial charge in [-0.05, 0) is 31.9 Å². The molecule has 7 heteroatoms. The highest BCUT2D eigenvalue weighted by Crippen LogP contribution is 2.28. The molecule has 0 fully saturated rings. The Balaban J connectivity index is 1.60. The fraction of sp³-hybridized carbons (Fsp3) is 0.278. The molecule has 0 aliphatic carbocycles. The maximum atomic E-state index is 12.4. The van der Waals surface area contributed by atoms with Crippen molar-refractivity contribution < 1.29 is 4.42 Å². The molecule has 4 aromatic rings. The van der Waals surface area contributed by atoms with Gasteiger partial charge in [-0.3, -0.25) is 9.89 Å². The summed E-state index contributed by atoms with van der Waals surface area (Å²) in [5.74, 6) is 1.58. The third-order valence-corrected chi connectivity index (χ3v) is 4.83. The van der Waals surface area contributed by atoms with Crippen molar-refractivity contribution in [2.75, 3.05) is 11.4 Å². The number of hydrogen-bond donors (Lipinski definition) is 2. The van der Waals surface area contributed by atoms with Gasteiger partial charge in [0.25, 0.3) is 5.56 Å². The topological polar surface area (TPSA) is 90.8 Å². The summed E-state index contributed by atoms with van der Waals surface area (Å²) >= 11 is 0. The minimum atomic E-state index is -0.244. The molecule has 1 aliphatic heterocycles. The van der Waals surface area contributed by atoms with E-state index in [0.29, 0.717) is 23.5 Å². The Labute approximate surface area is 142 Å². The van der Waals surface area contributed by atoms with Gasteiger partial charge in [0.15, 0.2) is 5.82 Å². The number of hydrogen-bond acceptors (Lipinski definition) is 5. The largest absolute Gasteiger partial charge is 0.449 e. The molecule has 1 aromatic carbocycles. The summed E-state index contributed by atoms with van der Waals surface area (Å²) in [6, 6.07) is 7.57. The number of aromatic nitrogens is 4. The van der Waals surface area contributed by atoms with Gasteiger partial charge >= 0.3 is 0 Å². The molecule has 0 amide bonds. The number of aryl methyl sites for hydroxylation is 1. The van der Waals surface area contributed by atoms with Crippen molar-refractivity contribution in [1.29, 1.82) is 0 Å². The Hall–Kier alpha value is -3.09. The van der Waals surface area contributed by atoms with Gasteiger partial charge in [-0.2, -0.15) is 5.10 Å². The molecule has 0 radical (unpaired) electrons. The molecule has 4 heterocycles. The fourth-order valence-corrected chi connectivity index (χ4v) is 3.61. The van der Waals surface area contributed by atoms with Crippen LogP contribution in [0.4, 0.5) is 5.82 Å². The van der Waals surface area contributed by atoms with Crippen LogP contribution < -0.4 is 10.5 Å². The molecule has 0 saturated heterocycles. The zero-order valence-electron chi connectivity index (χ0n) is 13.8. The molecule has 1 aliphatic rings. The van der Waals surface area contributed by atoms with Crippen molar-refractivity contribution in [2.24, 2.45) is 0 Å². The lowest BCUT2D eigenvalue weighted by Crippen LogP contribution is -2.30. The lowest BCUT2D eigenvalue weighted by Gasteiger charge is -2.27. The highest BCUT2D eigenvalue weighted by atomic mass is 16.3. The van der Waals surface area contributed by atoms with Crippen molar-refractivity contribution in [3.8, 4) is 0 Å². The van der Waals surface area contributed by atoms with Crippen LogP contribution in [0.5, 0.6) is 0 Å². The third kappa shape index (κ3) is 2.15. The SMILES string of the molecule is Cc1[nH]nc2c1CCCN2Cc1nc2c(oc3ccccc32)c(=O)[nH]1. The maximum Gasteiger partial charge on any atom is 0.294 e. The fourth-order valence-electron chi connectivity index (χ4n) is 3.61. The van der Waals surface area contributed by atoms with E-state index in [1.54, 1.807) is 0 Å². The molecule has 0 spiro atoms. The maximum absolute atomic E-state index is 12.4. The Bertz CT molecular complexity index is 1150. The molecule has 0 bridgehead atoms. The number of aromatic amines is 2.